The van der Waals surface area contributed by atoms with Gasteiger partial charge in [0.05, 0.1) is 6.61 Å². The molecule has 0 aliphatic heterocycles. The Kier molecular flexibility index (Phi) is 6.61. The van der Waals surface area contributed by atoms with Crippen molar-refractivity contribution in [1.82, 2.24) is 0 Å². The molecular weight excluding hydrogens is 202 g/mol. The van der Waals surface area contributed by atoms with Gasteiger partial charge in [-0.05, 0) is 25.0 Å². The third-order valence-corrected chi connectivity index (χ3v) is 2.52. The Balaban J connectivity index is 2.41. The lowest BCUT2D eigenvalue weighted by molar-refractivity contribution is 0.193. The number of nitrogens with zero attached hydrogens (tertiary/aromatic N) is 1. The fourth-order valence-corrected chi connectivity index (χ4v) is 1.68. The van der Waals surface area contributed by atoms with Crippen molar-refractivity contribution in [3.63, 3.8) is 0 Å². The molecule has 90 valence electrons. The van der Waals surface area contributed by atoms with Crippen LogP contribution >= 0.6 is 0 Å². The van der Waals surface area contributed by atoms with Crippen LogP contribution in [0.4, 0.5) is 5.69 Å². The molecule has 0 spiro atoms. The number of aliphatic hydroxyl groups excluding tert-OH is 1. The van der Waals surface area contributed by atoms with Crippen LogP contribution in [0, 0.1) is 0 Å². The monoisotopic (exact) mass is 223 g/mol. The zero-order chi connectivity index (χ0) is 11.6. The first-order chi connectivity index (χ1) is 7.88. The number of unbranched alkanes of at least 4 members (excludes halogenated alkanes) is 1. The van der Waals surface area contributed by atoms with Crippen molar-refractivity contribution in [3.8, 4) is 0 Å². The van der Waals surface area contributed by atoms with Crippen molar-refractivity contribution in [1.29, 1.82) is 0 Å². The Morgan fingerprint density at radius 1 is 1.12 bits per heavy atom. The number of rotatable bonds is 8. The zero-order valence-electron chi connectivity index (χ0n) is 9.93. The van der Waals surface area contributed by atoms with Gasteiger partial charge in [0.2, 0.25) is 0 Å². The van der Waals surface area contributed by atoms with E-state index in [4.69, 9.17) is 9.84 Å². The molecule has 0 bridgehead atoms. The molecule has 3 nitrogen and oxygen atoms in total. The lowest BCUT2D eigenvalue weighted by Crippen LogP contribution is -2.27. The van der Waals surface area contributed by atoms with E-state index < -0.39 is 0 Å². The summed E-state index contributed by atoms with van der Waals surface area (Å²) in [5.74, 6) is 0. The molecule has 3 heteroatoms. The van der Waals surface area contributed by atoms with Crippen molar-refractivity contribution in [2.45, 2.75) is 12.8 Å². The second-order valence-electron chi connectivity index (χ2n) is 3.75. The van der Waals surface area contributed by atoms with E-state index in [-0.39, 0.29) is 6.61 Å². The molecule has 0 radical (unpaired) electrons. The number of anilines is 1. The van der Waals surface area contributed by atoms with E-state index in [9.17, 15) is 0 Å². The Labute approximate surface area is 97.7 Å². The van der Waals surface area contributed by atoms with Gasteiger partial charge in [-0.15, -0.1) is 0 Å². The highest BCUT2D eigenvalue weighted by Gasteiger charge is 2.04. The van der Waals surface area contributed by atoms with Crippen LogP contribution in [0.5, 0.6) is 0 Å². The van der Waals surface area contributed by atoms with E-state index in [0.717, 1.165) is 26.0 Å². The smallest absolute Gasteiger partial charge is 0.0606 e. The van der Waals surface area contributed by atoms with Gasteiger partial charge < -0.3 is 14.7 Å². The van der Waals surface area contributed by atoms with E-state index in [1.165, 1.54) is 5.69 Å². The molecule has 0 saturated heterocycles. The Morgan fingerprint density at radius 2 is 1.88 bits per heavy atom. The highest BCUT2D eigenvalue weighted by molar-refractivity contribution is 5.45. The molecule has 1 N–H and O–H groups in total. The first-order valence-electron chi connectivity index (χ1n) is 5.78. The Morgan fingerprint density at radius 3 is 2.50 bits per heavy atom. The van der Waals surface area contributed by atoms with Crippen molar-refractivity contribution in [2.75, 3.05) is 38.3 Å². The first-order valence-corrected chi connectivity index (χ1v) is 5.78. The second-order valence-corrected chi connectivity index (χ2v) is 3.75. The van der Waals surface area contributed by atoms with Gasteiger partial charge in [-0.1, -0.05) is 18.2 Å². The van der Waals surface area contributed by atoms with Gasteiger partial charge in [-0.25, -0.2) is 0 Å². The molecule has 0 atom stereocenters. The van der Waals surface area contributed by atoms with Crippen LogP contribution in [0.25, 0.3) is 0 Å². The predicted molar refractivity (Wildman–Crippen MR) is 66.9 cm³/mol. The van der Waals surface area contributed by atoms with Crippen molar-refractivity contribution in [3.05, 3.63) is 30.3 Å². The van der Waals surface area contributed by atoms with E-state index in [1.807, 2.05) is 18.2 Å². The van der Waals surface area contributed by atoms with Crippen LogP contribution < -0.4 is 4.90 Å². The van der Waals surface area contributed by atoms with Crippen LogP contribution in [-0.4, -0.2) is 38.5 Å². The third-order valence-electron chi connectivity index (χ3n) is 2.52. The van der Waals surface area contributed by atoms with Gasteiger partial charge in [0.15, 0.2) is 0 Å². The van der Waals surface area contributed by atoms with Crippen LogP contribution in [-0.2, 0) is 4.74 Å². The van der Waals surface area contributed by atoms with Crippen molar-refractivity contribution >= 4 is 5.69 Å². The SMILES string of the molecule is COCCCCN(CCO)c1ccccc1. The third kappa shape index (κ3) is 4.64. The quantitative estimate of drug-likeness (QED) is 0.683. The summed E-state index contributed by atoms with van der Waals surface area (Å²) in [6.45, 7) is 2.66. The number of benzene rings is 1. The molecular formula is C13H21NO2. The molecule has 0 aromatic heterocycles. The van der Waals surface area contributed by atoms with Crippen LogP contribution in [0.15, 0.2) is 30.3 Å². The summed E-state index contributed by atoms with van der Waals surface area (Å²) >= 11 is 0. The lowest BCUT2D eigenvalue weighted by atomic mass is 10.2. The highest BCUT2D eigenvalue weighted by Crippen LogP contribution is 2.13. The lowest BCUT2D eigenvalue weighted by Gasteiger charge is -2.23. The number of ether oxygens (including phenoxy) is 1. The summed E-state index contributed by atoms with van der Waals surface area (Å²) in [5.41, 5.74) is 1.17. The van der Waals surface area contributed by atoms with Crippen LogP contribution in [0.1, 0.15) is 12.8 Å². The number of methoxy groups -OCH3 is 1. The van der Waals surface area contributed by atoms with Gasteiger partial charge in [-0.2, -0.15) is 0 Å². The van der Waals surface area contributed by atoms with Gasteiger partial charge in [0.1, 0.15) is 0 Å². The molecule has 0 fully saturated rings. The normalized spacial score (nSPS) is 10.4. The molecule has 0 heterocycles. The maximum atomic E-state index is 9.03. The molecule has 0 aliphatic carbocycles. The van der Waals surface area contributed by atoms with Crippen LogP contribution in [0.3, 0.4) is 0 Å². The highest BCUT2D eigenvalue weighted by atomic mass is 16.5. The van der Waals surface area contributed by atoms with Gasteiger partial charge in [-0.3, -0.25) is 0 Å². The van der Waals surface area contributed by atoms with E-state index in [0.29, 0.717) is 6.54 Å². The summed E-state index contributed by atoms with van der Waals surface area (Å²) in [4.78, 5) is 2.20. The number of para-hydroxylation sites is 1. The number of hydrogen-bond acceptors (Lipinski definition) is 3. The fraction of sp³-hybridized carbons (Fsp3) is 0.538. The summed E-state index contributed by atoms with van der Waals surface area (Å²) in [6, 6.07) is 10.2. The molecule has 1 aromatic rings. The largest absolute Gasteiger partial charge is 0.395 e. The standard InChI is InChI=1S/C13H21NO2/c1-16-12-6-5-9-14(10-11-15)13-7-3-2-4-8-13/h2-4,7-8,15H,5-6,9-12H2,1H3. The molecule has 0 saturated carbocycles. The Hall–Kier alpha value is -1.06. The minimum absolute atomic E-state index is 0.194. The van der Waals surface area contributed by atoms with Crippen LogP contribution in [0.2, 0.25) is 0 Å². The summed E-state index contributed by atoms with van der Waals surface area (Å²) < 4.78 is 5.02. The number of hydrogen-bond donors (Lipinski definition) is 1. The van der Waals surface area contributed by atoms with Gasteiger partial charge in [0.25, 0.3) is 0 Å². The Bertz CT molecular complexity index is 264. The maximum absolute atomic E-state index is 9.03. The first kappa shape index (κ1) is 13.0. The molecule has 1 aromatic carbocycles. The van der Waals surface area contributed by atoms with Crippen molar-refractivity contribution in [2.24, 2.45) is 0 Å². The van der Waals surface area contributed by atoms with E-state index in [2.05, 4.69) is 17.0 Å². The molecule has 0 aliphatic rings. The summed E-state index contributed by atoms with van der Waals surface area (Å²) in [6.07, 6.45) is 2.15. The minimum atomic E-state index is 0.194. The fourth-order valence-electron chi connectivity index (χ4n) is 1.68. The van der Waals surface area contributed by atoms with Crippen molar-refractivity contribution < 1.29 is 9.84 Å². The average molecular weight is 223 g/mol. The molecule has 0 amide bonds. The van der Waals surface area contributed by atoms with E-state index in [1.54, 1.807) is 7.11 Å². The summed E-state index contributed by atoms with van der Waals surface area (Å²) in [5, 5.41) is 9.03. The second kappa shape index (κ2) is 8.13. The molecule has 16 heavy (non-hydrogen) atoms. The predicted octanol–water partition coefficient (Wildman–Crippen LogP) is 1.91. The summed E-state index contributed by atoms with van der Waals surface area (Å²) in [7, 11) is 1.72. The van der Waals surface area contributed by atoms with Gasteiger partial charge in [0, 0.05) is 32.5 Å². The topological polar surface area (TPSA) is 32.7 Å². The number of aliphatic hydroxyl groups is 1. The molecule has 0 unspecified atom stereocenters. The average Bonchev–Trinajstić information content (AvgIpc) is 2.34. The van der Waals surface area contributed by atoms with Gasteiger partial charge >= 0.3 is 0 Å². The minimum Gasteiger partial charge on any atom is -0.395 e. The zero-order valence-corrected chi connectivity index (χ0v) is 9.93. The maximum Gasteiger partial charge on any atom is 0.0606 e. The van der Waals surface area contributed by atoms with E-state index >= 15 is 0 Å². The molecule has 1 rings (SSSR count).